The zero-order chi connectivity index (χ0) is 20.9. The molecule has 5 nitrogen and oxygen atoms in total. The molecule has 0 unspecified atom stereocenters. The van der Waals surface area contributed by atoms with Crippen molar-refractivity contribution in [2.24, 2.45) is 11.7 Å². The third-order valence-corrected chi connectivity index (χ3v) is 6.61. The minimum absolute atomic E-state index is 0.0822. The number of pyridine rings is 1. The van der Waals surface area contributed by atoms with Crippen molar-refractivity contribution in [3.05, 3.63) is 59.2 Å². The summed E-state index contributed by atoms with van der Waals surface area (Å²) in [6, 6.07) is 14.1. The van der Waals surface area contributed by atoms with E-state index in [9.17, 15) is 4.79 Å². The van der Waals surface area contributed by atoms with Crippen LogP contribution in [0.1, 0.15) is 31.7 Å². The molecule has 0 radical (unpaired) electrons. The number of fused-ring (bicyclic) bond motifs is 1. The van der Waals surface area contributed by atoms with Gasteiger partial charge in [0.15, 0.2) is 0 Å². The number of hydrogen-bond donors (Lipinski definition) is 2. The number of aromatic nitrogens is 1. The highest BCUT2D eigenvalue weighted by Crippen LogP contribution is 2.46. The molecule has 0 spiro atoms. The molecule has 3 N–H and O–H groups in total. The first-order valence-electron chi connectivity index (χ1n) is 10.3. The van der Waals surface area contributed by atoms with E-state index in [1.54, 1.807) is 6.20 Å². The molecular formula is C24H24ClN3O2. The summed E-state index contributed by atoms with van der Waals surface area (Å²) in [5.41, 5.74) is 9.92. The van der Waals surface area contributed by atoms with E-state index < -0.39 is 0 Å². The molecule has 5 rings (SSSR count). The molecule has 1 amide bonds. The highest BCUT2D eigenvalue weighted by molar-refractivity contribution is 6.31. The molecule has 2 heterocycles. The summed E-state index contributed by atoms with van der Waals surface area (Å²) in [4.78, 5) is 16.1. The maximum atomic E-state index is 11.6. The van der Waals surface area contributed by atoms with E-state index in [2.05, 4.69) is 16.4 Å². The molecule has 2 aliphatic rings. The van der Waals surface area contributed by atoms with Gasteiger partial charge in [0, 0.05) is 41.0 Å². The standard InChI is InChI=1S/C24H24ClN3O2/c1-14(17-12-23(29)28-13-17)30-22-11-16(10-21-18(22)3-2-8-27-21)15-4-5-19(20(25)9-15)24(26)6-7-24/h2-5,8-11,14,17H,6-7,12-13,26H2,1H3,(H,28,29)/t14-,17-/m1/s1. The lowest BCUT2D eigenvalue weighted by molar-refractivity contribution is -0.119. The highest BCUT2D eigenvalue weighted by Gasteiger charge is 2.41. The lowest BCUT2D eigenvalue weighted by atomic mass is 9.98. The second-order valence-corrected chi connectivity index (χ2v) is 8.89. The summed E-state index contributed by atoms with van der Waals surface area (Å²) in [7, 11) is 0. The van der Waals surface area contributed by atoms with E-state index in [0.717, 1.165) is 46.2 Å². The van der Waals surface area contributed by atoms with Crippen LogP contribution in [0.2, 0.25) is 5.02 Å². The molecular weight excluding hydrogens is 398 g/mol. The molecule has 1 saturated carbocycles. The topological polar surface area (TPSA) is 77.2 Å². The molecule has 2 fully saturated rings. The summed E-state index contributed by atoms with van der Waals surface area (Å²) >= 11 is 6.58. The Labute approximate surface area is 180 Å². The second kappa shape index (κ2) is 7.25. The highest BCUT2D eigenvalue weighted by atomic mass is 35.5. The summed E-state index contributed by atoms with van der Waals surface area (Å²) in [6.07, 6.45) is 4.12. The van der Waals surface area contributed by atoms with Gasteiger partial charge in [0.1, 0.15) is 11.9 Å². The van der Waals surface area contributed by atoms with Crippen LogP contribution in [-0.4, -0.2) is 23.5 Å². The number of hydrogen-bond acceptors (Lipinski definition) is 4. The minimum Gasteiger partial charge on any atom is -0.490 e. The van der Waals surface area contributed by atoms with Gasteiger partial charge in [0.05, 0.1) is 5.52 Å². The maximum absolute atomic E-state index is 11.6. The Balaban J connectivity index is 1.52. The number of rotatable bonds is 5. The Kier molecular flexibility index (Phi) is 4.68. The SMILES string of the molecule is C[C@@H](Oc1cc(-c2ccc(C3(N)CC3)c(Cl)c2)cc2ncccc12)[C@H]1CNC(=O)C1. The lowest BCUT2D eigenvalue weighted by Gasteiger charge is -2.21. The number of carbonyl (C=O) groups is 1. The van der Waals surface area contributed by atoms with E-state index in [-0.39, 0.29) is 23.5 Å². The maximum Gasteiger partial charge on any atom is 0.220 e. The Bertz CT molecular complexity index is 1140. The Hall–Kier alpha value is -2.63. The average Bonchev–Trinajstić information content (AvgIpc) is 3.33. The van der Waals surface area contributed by atoms with Crippen LogP contribution >= 0.6 is 11.6 Å². The minimum atomic E-state index is -0.267. The van der Waals surface area contributed by atoms with Crippen molar-refractivity contribution < 1.29 is 9.53 Å². The summed E-state index contributed by atoms with van der Waals surface area (Å²) in [6.45, 7) is 2.66. The van der Waals surface area contributed by atoms with Gasteiger partial charge in [-0.15, -0.1) is 0 Å². The average molecular weight is 422 g/mol. The number of benzene rings is 2. The van der Waals surface area contributed by atoms with Crippen LogP contribution in [0.3, 0.4) is 0 Å². The largest absolute Gasteiger partial charge is 0.490 e. The van der Waals surface area contributed by atoms with E-state index in [1.807, 2.05) is 43.3 Å². The van der Waals surface area contributed by atoms with Crippen molar-refractivity contribution in [3.63, 3.8) is 0 Å². The molecule has 6 heteroatoms. The predicted octanol–water partition coefficient (Wildman–Crippen LogP) is 4.41. The molecule has 30 heavy (non-hydrogen) atoms. The van der Waals surface area contributed by atoms with Crippen LogP contribution in [0.25, 0.3) is 22.0 Å². The van der Waals surface area contributed by atoms with Crippen molar-refractivity contribution in [1.82, 2.24) is 10.3 Å². The van der Waals surface area contributed by atoms with Crippen LogP contribution < -0.4 is 15.8 Å². The first kappa shape index (κ1) is 19.3. The second-order valence-electron chi connectivity index (χ2n) is 8.49. The fourth-order valence-electron chi connectivity index (χ4n) is 4.17. The van der Waals surface area contributed by atoms with Gasteiger partial charge in [-0.2, -0.15) is 0 Å². The third-order valence-electron chi connectivity index (χ3n) is 6.30. The number of nitrogens with zero attached hydrogens (tertiary/aromatic N) is 1. The van der Waals surface area contributed by atoms with E-state index in [4.69, 9.17) is 22.1 Å². The van der Waals surface area contributed by atoms with Crippen molar-refractivity contribution in [2.45, 2.75) is 37.8 Å². The zero-order valence-electron chi connectivity index (χ0n) is 16.8. The molecule has 154 valence electrons. The first-order chi connectivity index (χ1) is 14.4. The fraction of sp³-hybridized carbons (Fsp3) is 0.333. The Morgan fingerprint density at radius 1 is 1.23 bits per heavy atom. The van der Waals surface area contributed by atoms with E-state index in [0.29, 0.717) is 18.0 Å². The van der Waals surface area contributed by atoms with E-state index in [1.165, 1.54) is 0 Å². The Morgan fingerprint density at radius 2 is 2.07 bits per heavy atom. The van der Waals surface area contributed by atoms with Gasteiger partial charge in [0.2, 0.25) is 5.91 Å². The van der Waals surface area contributed by atoms with Gasteiger partial charge in [0.25, 0.3) is 0 Å². The van der Waals surface area contributed by atoms with Crippen molar-refractivity contribution in [2.75, 3.05) is 6.54 Å². The molecule has 1 aliphatic carbocycles. The zero-order valence-corrected chi connectivity index (χ0v) is 17.6. The van der Waals surface area contributed by atoms with Crippen LogP contribution in [-0.2, 0) is 10.3 Å². The molecule has 2 atom stereocenters. The van der Waals surface area contributed by atoms with Gasteiger partial charge < -0.3 is 15.8 Å². The quantitative estimate of drug-likeness (QED) is 0.639. The van der Waals surface area contributed by atoms with Crippen LogP contribution in [0.4, 0.5) is 0 Å². The molecule has 1 aromatic heterocycles. The van der Waals surface area contributed by atoms with Crippen molar-refractivity contribution in [1.29, 1.82) is 0 Å². The van der Waals surface area contributed by atoms with Gasteiger partial charge >= 0.3 is 0 Å². The van der Waals surface area contributed by atoms with Gasteiger partial charge in [-0.05, 0) is 66.8 Å². The Morgan fingerprint density at radius 3 is 2.77 bits per heavy atom. The lowest BCUT2D eigenvalue weighted by Crippen LogP contribution is -2.25. The number of nitrogens with two attached hydrogens (primary N) is 1. The molecule has 3 aromatic rings. The third kappa shape index (κ3) is 3.53. The van der Waals surface area contributed by atoms with E-state index >= 15 is 0 Å². The van der Waals surface area contributed by atoms with Gasteiger partial charge in [-0.1, -0.05) is 23.7 Å². The van der Waals surface area contributed by atoms with Crippen LogP contribution in [0.15, 0.2) is 48.7 Å². The normalized spacial score (nSPS) is 20.8. The smallest absolute Gasteiger partial charge is 0.220 e. The number of amides is 1. The predicted molar refractivity (Wildman–Crippen MR) is 118 cm³/mol. The number of ether oxygens (including phenoxy) is 1. The van der Waals surface area contributed by atoms with Gasteiger partial charge in [-0.25, -0.2) is 0 Å². The van der Waals surface area contributed by atoms with Gasteiger partial charge in [-0.3, -0.25) is 9.78 Å². The fourth-order valence-corrected chi connectivity index (χ4v) is 4.54. The molecule has 1 aliphatic heterocycles. The summed E-state index contributed by atoms with van der Waals surface area (Å²) in [5.74, 6) is 1.000. The molecule has 1 saturated heterocycles. The first-order valence-corrected chi connectivity index (χ1v) is 10.7. The van der Waals surface area contributed by atoms with Crippen molar-refractivity contribution >= 4 is 28.4 Å². The number of nitrogens with one attached hydrogen (secondary N) is 1. The monoisotopic (exact) mass is 421 g/mol. The van der Waals surface area contributed by atoms with Crippen LogP contribution in [0, 0.1) is 5.92 Å². The number of carbonyl (C=O) groups excluding carboxylic acids is 1. The molecule has 2 aromatic carbocycles. The van der Waals surface area contributed by atoms with Crippen molar-refractivity contribution in [3.8, 4) is 16.9 Å². The summed E-state index contributed by atoms with van der Waals surface area (Å²) < 4.78 is 6.36. The van der Waals surface area contributed by atoms with Crippen LogP contribution in [0.5, 0.6) is 5.75 Å². The molecule has 0 bridgehead atoms. The summed E-state index contributed by atoms with van der Waals surface area (Å²) in [5, 5.41) is 4.53. The number of halogens is 1.